The number of nitrogens with zero attached hydrogens (tertiary/aromatic N) is 3. The lowest BCUT2D eigenvalue weighted by Gasteiger charge is -2.08. The van der Waals surface area contributed by atoms with Crippen molar-refractivity contribution in [2.45, 2.75) is 0 Å². The van der Waals surface area contributed by atoms with E-state index in [0.29, 0.717) is 4.77 Å². The first-order valence-electron chi connectivity index (χ1n) is 5.51. The molecule has 1 aromatic heterocycles. The highest BCUT2D eigenvalue weighted by molar-refractivity contribution is 7.71. The standard InChI is InChI=1S/C13H10N4S/c18-13-14-15-16-17(13)12-9-5-4-8-11(12)10-6-2-1-3-7-10/h1-9H,(H,14,16,18). The molecule has 88 valence electrons. The van der Waals surface area contributed by atoms with Crippen LogP contribution in [0.2, 0.25) is 0 Å². The summed E-state index contributed by atoms with van der Waals surface area (Å²) in [4.78, 5) is 0. The van der Waals surface area contributed by atoms with Gasteiger partial charge in [-0.05, 0) is 23.8 Å². The molecule has 0 amide bonds. The van der Waals surface area contributed by atoms with E-state index in [-0.39, 0.29) is 0 Å². The van der Waals surface area contributed by atoms with E-state index in [1.807, 2.05) is 42.5 Å². The lowest BCUT2D eigenvalue weighted by molar-refractivity contribution is 0.787. The van der Waals surface area contributed by atoms with Gasteiger partial charge in [0.05, 0.1) is 5.69 Å². The largest absolute Gasteiger partial charge is 0.242 e. The fourth-order valence-corrected chi connectivity index (χ4v) is 2.06. The molecule has 0 bridgehead atoms. The summed E-state index contributed by atoms with van der Waals surface area (Å²) < 4.78 is 2.11. The highest BCUT2D eigenvalue weighted by Crippen LogP contribution is 2.25. The van der Waals surface area contributed by atoms with Crippen LogP contribution in [0.1, 0.15) is 0 Å². The summed E-state index contributed by atoms with van der Waals surface area (Å²) >= 11 is 5.14. The monoisotopic (exact) mass is 254 g/mol. The number of tetrazole rings is 1. The molecule has 0 aliphatic carbocycles. The minimum absolute atomic E-state index is 0.415. The van der Waals surface area contributed by atoms with Crippen LogP contribution >= 0.6 is 12.2 Å². The zero-order valence-electron chi connectivity index (χ0n) is 9.45. The minimum atomic E-state index is 0.415. The van der Waals surface area contributed by atoms with Crippen molar-refractivity contribution in [2.24, 2.45) is 0 Å². The summed E-state index contributed by atoms with van der Waals surface area (Å²) in [5.74, 6) is 0. The maximum absolute atomic E-state index is 5.14. The van der Waals surface area contributed by atoms with Crippen LogP contribution < -0.4 is 0 Å². The predicted octanol–water partition coefficient (Wildman–Crippen LogP) is 2.99. The Hall–Kier alpha value is -2.27. The number of hydrogen-bond donors (Lipinski definition) is 1. The first-order chi connectivity index (χ1) is 8.86. The first kappa shape index (κ1) is 10.9. The molecule has 5 heteroatoms. The molecule has 1 N–H and O–H groups in total. The van der Waals surface area contributed by atoms with E-state index in [0.717, 1.165) is 16.8 Å². The van der Waals surface area contributed by atoms with Gasteiger partial charge in [0.1, 0.15) is 0 Å². The molecule has 0 spiro atoms. The maximum Gasteiger partial charge on any atom is 0.242 e. The molecule has 2 aromatic carbocycles. The van der Waals surface area contributed by atoms with E-state index in [9.17, 15) is 0 Å². The van der Waals surface area contributed by atoms with Gasteiger partial charge in [0.2, 0.25) is 4.77 Å². The van der Waals surface area contributed by atoms with Gasteiger partial charge in [-0.2, -0.15) is 5.21 Å². The third-order valence-electron chi connectivity index (χ3n) is 2.70. The van der Waals surface area contributed by atoms with Gasteiger partial charge in [0.15, 0.2) is 0 Å². The average molecular weight is 254 g/mol. The lowest BCUT2D eigenvalue weighted by atomic mass is 10.0. The Balaban J connectivity index is 2.24. The maximum atomic E-state index is 5.14. The molecule has 1 heterocycles. The molecule has 0 aliphatic rings. The van der Waals surface area contributed by atoms with Gasteiger partial charge in [-0.15, -0.1) is 0 Å². The number of nitrogens with one attached hydrogen (secondary N) is 1. The molecule has 3 rings (SSSR count). The first-order valence-corrected chi connectivity index (χ1v) is 5.92. The highest BCUT2D eigenvalue weighted by Gasteiger charge is 2.07. The molecule has 18 heavy (non-hydrogen) atoms. The average Bonchev–Trinajstić information content (AvgIpc) is 2.86. The predicted molar refractivity (Wildman–Crippen MR) is 72.0 cm³/mol. The number of rotatable bonds is 2. The van der Waals surface area contributed by atoms with E-state index in [1.165, 1.54) is 0 Å². The quantitative estimate of drug-likeness (QED) is 0.715. The summed E-state index contributed by atoms with van der Waals surface area (Å²) in [6.07, 6.45) is 0. The number of H-pyrrole nitrogens is 1. The summed E-state index contributed by atoms with van der Waals surface area (Å²) in [6.45, 7) is 0. The Morgan fingerprint density at radius 2 is 1.67 bits per heavy atom. The Morgan fingerprint density at radius 1 is 0.944 bits per heavy atom. The number of benzene rings is 2. The van der Waals surface area contributed by atoms with E-state index in [4.69, 9.17) is 12.2 Å². The third kappa shape index (κ3) is 1.84. The van der Waals surface area contributed by atoms with Crippen LogP contribution in [0, 0.1) is 4.77 Å². The van der Waals surface area contributed by atoms with E-state index >= 15 is 0 Å². The third-order valence-corrected chi connectivity index (χ3v) is 2.97. The van der Waals surface area contributed by atoms with E-state index in [2.05, 4.69) is 27.7 Å². The highest BCUT2D eigenvalue weighted by atomic mass is 32.1. The molecule has 0 fully saturated rings. The van der Waals surface area contributed by atoms with Crippen molar-refractivity contribution < 1.29 is 0 Å². The van der Waals surface area contributed by atoms with E-state index < -0.39 is 0 Å². The second-order valence-corrected chi connectivity index (χ2v) is 4.17. The van der Waals surface area contributed by atoms with Gasteiger partial charge >= 0.3 is 0 Å². The van der Waals surface area contributed by atoms with Crippen LogP contribution in [0.5, 0.6) is 0 Å². The van der Waals surface area contributed by atoms with Crippen molar-refractivity contribution in [1.29, 1.82) is 0 Å². The Labute approximate surface area is 109 Å². The van der Waals surface area contributed by atoms with Crippen LogP contribution in [-0.4, -0.2) is 20.2 Å². The van der Waals surface area contributed by atoms with Crippen LogP contribution in [0.4, 0.5) is 0 Å². The Kier molecular flexibility index (Phi) is 2.74. The molecule has 0 aliphatic heterocycles. The summed E-state index contributed by atoms with van der Waals surface area (Å²) in [6, 6.07) is 18.1. The van der Waals surface area contributed by atoms with Gasteiger partial charge in [0, 0.05) is 5.56 Å². The zero-order valence-corrected chi connectivity index (χ0v) is 10.3. The summed E-state index contributed by atoms with van der Waals surface area (Å²) in [5.41, 5.74) is 3.16. The number of aromatic nitrogens is 4. The number of hydrogen-bond acceptors (Lipinski definition) is 3. The summed E-state index contributed by atoms with van der Waals surface area (Å²) in [5, 5.41) is 10.3. The zero-order chi connectivity index (χ0) is 12.4. The second kappa shape index (κ2) is 4.54. The fraction of sp³-hybridized carbons (Fsp3) is 0. The molecule has 0 saturated heterocycles. The van der Waals surface area contributed by atoms with Crippen molar-refractivity contribution in [3.8, 4) is 16.8 Å². The molecule has 0 atom stereocenters. The molecule has 0 saturated carbocycles. The number of aromatic amines is 1. The van der Waals surface area contributed by atoms with Crippen molar-refractivity contribution in [2.75, 3.05) is 0 Å². The Bertz CT molecular complexity index is 715. The van der Waals surface area contributed by atoms with Crippen LogP contribution in [0.3, 0.4) is 0 Å². The van der Waals surface area contributed by atoms with Crippen molar-refractivity contribution >= 4 is 12.2 Å². The van der Waals surface area contributed by atoms with Crippen molar-refractivity contribution in [3.05, 3.63) is 59.4 Å². The normalized spacial score (nSPS) is 10.4. The van der Waals surface area contributed by atoms with Crippen LogP contribution in [0.15, 0.2) is 54.6 Å². The van der Waals surface area contributed by atoms with Crippen molar-refractivity contribution in [3.63, 3.8) is 0 Å². The molecule has 4 nitrogen and oxygen atoms in total. The van der Waals surface area contributed by atoms with Crippen LogP contribution in [-0.2, 0) is 0 Å². The minimum Gasteiger partial charge on any atom is -0.209 e. The molecule has 0 unspecified atom stereocenters. The van der Waals surface area contributed by atoms with Gasteiger partial charge in [0.25, 0.3) is 0 Å². The SMILES string of the molecule is S=c1nn[nH]n1-c1ccccc1-c1ccccc1. The van der Waals surface area contributed by atoms with Crippen molar-refractivity contribution in [1.82, 2.24) is 20.2 Å². The molecule has 0 radical (unpaired) electrons. The van der Waals surface area contributed by atoms with Gasteiger partial charge in [-0.25, -0.2) is 4.68 Å². The smallest absolute Gasteiger partial charge is 0.209 e. The Morgan fingerprint density at radius 3 is 2.39 bits per heavy atom. The number of para-hydroxylation sites is 1. The lowest BCUT2D eigenvalue weighted by Crippen LogP contribution is -1.99. The topological polar surface area (TPSA) is 46.5 Å². The van der Waals surface area contributed by atoms with Gasteiger partial charge in [-0.3, -0.25) is 0 Å². The van der Waals surface area contributed by atoms with E-state index in [1.54, 1.807) is 4.68 Å². The van der Waals surface area contributed by atoms with Gasteiger partial charge in [-0.1, -0.05) is 58.8 Å². The molecule has 3 aromatic rings. The molecular formula is C13H10N4S. The second-order valence-electron chi connectivity index (χ2n) is 3.80. The fourth-order valence-electron chi connectivity index (χ4n) is 1.88. The van der Waals surface area contributed by atoms with Gasteiger partial charge < -0.3 is 0 Å². The van der Waals surface area contributed by atoms with Crippen LogP contribution in [0.25, 0.3) is 16.8 Å². The summed E-state index contributed by atoms with van der Waals surface area (Å²) in [7, 11) is 0. The molecular weight excluding hydrogens is 244 g/mol.